The summed E-state index contributed by atoms with van der Waals surface area (Å²) >= 11 is 5.99. The Morgan fingerprint density at radius 3 is 2.05 bits per heavy atom. The minimum atomic E-state index is -4.16. The van der Waals surface area contributed by atoms with E-state index in [1.807, 2.05) is 19.1 Å². The van der Waals surface area contributed by atoms with Crippen LogP contribution in [0.25, 0.3) is 0 Å². The summed E-state index contributed by atoms with van der Waals surface area (Å²) in [5.74, 6) is -0.157. The van der Waals surface area contributed by atoms with Gasteiger partial charge in [0, 0.05) is 10.7 Å². The number of sulfonamides is 2. The molecule has 41 heavy (non-hydrogen) atoms. The first-order chi connectivity index (χ1) is 19.4. The molecule has 214 valence electrons. The maximum atomic E-state index is 13.6. The maximum Gasteiger partial charge on any atom is 0.264 e. The second kappa shape index (κ2) is 12.2. The van der Waals surface area contributed by atoms with Gasteiger partial charge in [-0.2, -0.15) is 0 Å². The van der Waals surface area contributed by atoms with E-state index in [1.54, 1.807) is 13.0 Å². The number of anilines is 3. The SMILES string of the molecule is COc1ccc(S(=O)(=O)N(CC(=O)Nc2ccc(S(=O)(=O)Nc3cc(C)ccc3C)cc2)c2ccc(Cl)cc2)cc1. The fourth-order valence-corrected chi connectivity index (χ4v) is 6.56. The Hall–Kier alpha value is -4.06. The number of amides is 1. The van der Waals surface area contributed by atoms with Gasteiger partial charge in [-0.05, 0) is 104 Å². The van der Waals surface area contributed by atoms with Crippen LogP contribution < -0.4 is 19.1 Å². The molecule has 0 saturated heterocycles. The number of nitrogens with zero attached hydrogens (tertiary/aromatic N) is 1. The van der Waals surface area contributed by atoms with E-state index in [0.717, 1.165) is 15.4 Å². The third-order valence-electron chi connectivity index (χ3n) is 6.14. The van der Waals surface area contributed by atoms with E-state index in [4.69, 9.17) is 16.3 Å². The van der Waals surface area contributed by atoms with Crippen LogP contribution in [0.4, 0.5) is 17.1 Å². The average Bonchev–Trinajstić information content (AvgIpc) is 2.94. The number of ether oxygens (including phenoxy) is 1. The zero-order chi connectivity index (χ0) is 29.8. The minimum Gasteiger partial charge on any atom is -0.497 e. The number of halogens is 1. The van der Waals surface area contributed by atoms with Gasteiger partial charge < -0.3 is 10.1 Å². The van der Waals surface area contributed by atoms with Gasteiger partial charge in [0.05, 0.1) is 28.3 Å². The molecule has 0 atom stereocenters. The molecule has 1 amide bonds. The number of methoxy groups -OCH3 is 1. The van der Waals surface area contributed by atoms with Crippen LogP contribution in [-0.2, 0) is 24.8 Å². The third-order valence-corrected chi connectivity index (χ3v) is 9.56. The van der Waals surface area contributed by atoms with Gasteiger partial charge in [0.15, 0.2) is 0 Å². The van der Waals surface area contributed by atoms with Crippen LogP contribution in [0, 0.1) is 13.8 Å². The van der Waals surface area contributed by atoms with Crippen molar-refractivity contribution in [1.82, 2.24) is 0 Å². The zero-order valence-electron chi connectivity index (χ0n) is 22.5. The normalized spacial score (nSPS) is 11.5. The molecule has 0 bridgehead atoms. The van der Waals surface area contributed by atoms with E-state index >= 15 is 0 Å². The lowest BCUT2D eigenvalue weighted by Crippen LogP contribution is -2.38. The van der Waals surface area contributed by atoms with Gasteiger partial charge in [0.1, 0.15) is 12.3 Å². The zero-order valence-corrected chi connectivity index (χ0v) is 24.8. The lowest BCUT2D eigenvalue weighted by Gasteiger charge is -2.24. The molecule has 12 heteroatoms. The predicted molar refractivity (Wildman–Crippen MR) is 161 cm³/mol. The van der Waals surface area contributed by atoms with Gasteiger partial charge in [0.25, 0.3) is 20.0 Å². The van der Waals surface area contributed by atoms with Gasteiger partial charge in [-0.15, -0.1) is 0 Å². The Kier molecular flexibility index (Phi) is 8.91. The van der Waals surface area contributed by atoms with Crippen molar-refractivity contribution in [2.24, 2.45) is 0 Å². The summed E-state index contributed by atoms with van der Waals surface area (Å²) in [5.41, 5.74) is 2.69. The number of aryl methyl sites for hydroxylation is 2. The number of carbonyl (C=O) groups excluding carboxylic acids is 1. The fraction of sp³-hybridized carbons (Fsp3) is 0.138. The van der Waals surface area contributed by atoms with Crippen LogP contribution in [-0.4, -0.2) is 36.4 Å². The van der Waals surface area contributed by atoms with E-state index in [1.165, 1.54) is 79.9 Å². The second-order valence-corrected chi connectivity index (χ2v) is 13.1. The van der Waals surface area contributed by atoms with Crippen molar-refractivity contribution >= 4 is 54.6 Å². The third kappa shape index (κ3) is 7.18. The Balaban J connectivity index is 1.53. The maximum absolute atomic E-state index is 13.6. The molecule has 4 aromatic rings. The molecule has 4 rings (SSSR count). The number of carbonyl (C=O) groups is 1. The summed E-state index contributed by atoms with van der Waals surface area (Å²) in [6, 6.07) is 22.9. The first-order valence-electron chi connectivity index (χ1n) is 12.3. The highest BCUT2D eigenvalue weighted by Gasteiger charge is 2.27. The van der Waals surface area contributed by atoms with Crippen molar-refractivity contribution in [3.63, 3.8) is 0 Å². The molecule has 9 nitrogen and oxygen atoms in total. The van der Waals surface area contributed by atoms with Gasteiger partial charge in [-0.25, -0.2) is 16.8 Å². The van der Waals surface area contributed by atoms with Crippen molar-refractivity contribution in [1.29, 1.82) is 0 Å². The standard InChI is InChI=1S/C29H28ClN3O6S2/c1-20-4-5-21(2)28(18-20)32-40(35,36)26-14-8-23(9-15-26)31-29(34)19-33(24-10-6-22(30)7-11-24)41(37,38)27-16-12-25(39-3)13-17-27/h4-18,32H,19H2,1-3H3,(H,31,34). The smallest absolute Gasteiger partial charge is 0.264 e. The lowest BCUT2D eigenvalue weighted by atomic mass is 10.1. The summed E-state index contributed by atoms with van der Waals surface area (Å²) in [6.45, 7) is 3.12. The Morgan fingerprint density at radius 1 is 0.829 bits per heavy atom. The van der Waals surface area contributed by atoms with Crippen molar-refractivity contribution in [3.8, 4) is 5.75 Å². The van der Waals surface area contributed by atoms with Gasteiger partial charge >= 0.3 is 0 Å². The lowest BCUT2D eigenvalue weighted by molar-refractivity contribution is -0.114. The topological polar surface area (TPSA) is 122 Å². The first kappa shape index (κ1) is 29.9. The van der Waals surface area contributed by atoms with E-state index in [0.29, 0.717) is 22.1 Å². The van der Waals surface area contributed by atoms with Crippen LogP contribution in [0.3, 0.4) is 0 Å². The molecule has 4 aromatic carbocycles. The fourth-order valence-electron chi connectivity index (χ4n) is 3.90. The van der Waals surface area contributed by atoms with E-state index in [-0.39, 0.29) is 15.5 Å². The highest BCUT2D eigenvalue weighted by atomic mass is 35.5. The Bertz CT molecular complexity index is 1760. The van der Waals surface area contributed by atoms with Gasteiger partial charge in [-0.3, -0.25) is 13.8 Å². The molecule has 0 heterocycles. The molecule has 0 radical (unpaired) electrons. The molecule has 0 aliphatic carbocycles. The number of hydrogen-bond donors (Lipinski definition) is 2. The molecule has 0 aliphatic heterocycles. The molecule has 0 aromatic heterocycles. The van der Waals surface area contributed by atoms with Gasteiger partial charge in [-0.1, -0.05) is 23.7 Å². The molecular formula is C29H28ClN3O6S2. The first-order valence-corrected chi connectivity index (χ1v) is 15.6. The van der Waals surface area contributed by atoms with Crippen molar-refractivity contribution in [2.75, 3.05) is 28.0 Å². The van der Waals surface area contributed by atoms with Crippen LogP contribution in [0.15, 0.2) is 101 Å². The summed E-state index contributed by atoms with van der Waals surface area (Å²) < 4.78 is 61.6. The quantitative estimate of drug-likeness (QED) is 0.240. The summed E-state index contributed by atoms with van der Waals surface area (Å²) in [5, 5.41) is 3.04. The second-order valence-electron chi connectivity index (χ2n) is 9.16. The highest BCUT2D eigenvalue weighted by Crippen LogP contribution is 2.27. The van der Waals surface area contributed by atoms with E-state index in [9.17, 15) is 21.6 Å². The van der Waals surface area contributed by atoms with Crippen LogP contribution in [0.1, 0.15) is 11.1 Å². The van der Waals surface area contributed by atoms with Crippen LogP contribution in [0.2, 0.25) is 5.02 Å². The van der Waals surface area contributed by atoms with Crippen LogP contribution in [0.5, 0.6) is 5.75 Å². The van der Waals surface area contributed by atoms with Crippen molar-refractivity contribution in [3.05, 3.63) is 107 Å². The molecular weight excluding hydrogens is 586 g/mol. The number of rotatable bonds is 10. The van der Waals surface area contributed by atoms with Gasteiger partial charge in [0.2, 0.25) is 5.91 Å². The minimum absolute atomic E-state index is 0.00118. The molecule has 0 spiro atoms. The summed E-state index contributed by atoms with van der Waals surface area (Å²) in [4.78, 5) is 13.0. The summed E-state index contributed by atoms with van der Waals surface area (Å²) in [6.07, 6.45) is 0. The molecule has 2 N–H and O–H groups in total. The monoisotopic (exact) mass is 613 g/mol. The summed E-state index contributed by atoms with van der Waals surface area (Å²) in [7, 11) is -6.57. The largest absolute Gasteiger partial charge is 0.497 e. The van der Waals surface area contributed by atoms with Crippen molar-refractivity contribution < 1.29 is 26.4 Å². The Labute approximate surface area is 244 Å². The van der Waals surface area contributed by atoms with Crippen molar-refractivity contribution in [2.45, 2.75) is 23.6 Å². The number of benzene rings is 4. The molecule has 0 aliphatic rings. The highest BCUT2D eigenvalue weighted by molar-refractivity contribution is 7.93. The molecule has 0 unspecified atom stereocenters. The number of hydrogen-bond acceptors (Lipinski definition) is 6. The average molecular weight is 614 g/mol. The van der Waals surface area contributed by atoms with E-state index < -0.39 is 32.5 Å². The number of nitrogens with one attached hydrogen (secondary N) is 2. The predicted octanol–water partition coefficient (Wildman–Crippen LogP) is 5.60. The van der Waals surface area contributed by atoms with E-state index in [2.05, 4.69) is 10.0 Å². The van der Waals surface area contributed by atoms with Crippen LogP contribution >= 0.6 is 11.6 Å². The molecule has 0 fully saturated rings. The molecule has 0 saturated carbocycles. The Morgan fingerprint density at radius 2 is 1.44 bits per heavy atom.